The highest BCUT2D eigenvalue weighted by molar-refractivity contribution is 5.54. The molecule has 0 radical (unpaired) electrons. The fourth-order valence-corrected chi connectivity index (χ4v) is 0.774. The second kappa shape index (κ2) is 4.49. The molecule has 0 N–H and O–H groups in total. The van der Waals surface area contributed by atoms with Crippen LogP contribution in [0.5, 0.6) is 0 Å². The van der Waals surface area contributed by atoms with Gasteiger partial charge in [0.2, 0.25) is 0 Å². The quantitative estimate of drug-likeness (QED) is 0.506. The number of hydrogen-bond acceptors (Lipinski definition) is 3. The van der Waals surface area contributed by atoms with E-state index in [1.54, 1.807) is 6.20 Å². The van der Waals surface area contributed by atoms with Crippen LogP contribution in [0.4, 0.5) is 5.82 Å². The molecule has 64 valence electrons. The molecule has 0 saturated heterocycles. The van der Waals surface area contributed by atoms with Gasteiger partial charge in [0, 0.05) is 6.20 Å². The normalized spacial score (nSPS) is 10.5. The molecule has 0 aliphatic heterocycles. The molecule has 0 saturated carbocycles. The molecule has 12 heavy (non-hydrogen) atoms. The van der Waals surface area contributed by atoms with Crippen LogP contribution in [0.15, 0.2) is 23.3 Å². The Bertz CT molecular complexity index is 271. The maximum atomic E-state index is 4.96. The standard InChI is InChI=1S/C9H12N2O/c1-3-12-7-11-9-8(2)5-4-6-10-9/h4-7H,3H2,1-2H3/b11-7+. The van der Waals surface area contributed by atoms with Gasteiger partial charge < -0.3 is 4.74 Å². The fourth-order valence-electron chi connectivity index (χ4n) is 0.774. The number of rotatable bonds is 3. The Labute approximate surface area is 72.1 Å². The van der Waals surface area contributed by atoms with Crippen LogP contribution in [-0.2, 0) is 4.74 Å². The van der Waals surface area contributed by atoms with Crippen molar-refractivity contribution in [1.29, 1.82) is 0 Å². The monoisotopic (exact) mass is 164 g/mol. The minimum Gasteiger partial charge on any atom is -0.483 e. The third-order valence-electron chi connectivity index (χ3n) is 1.40. The molecule has 1 aromatic rings. The lowest BCUT2D eigenvalue weighted by atomic mass is 10.3. The van der Waals surface area contributed by atoms with Crippen molar-refractivity contribution in [3.8, 4) is 0 Å². The van der Waals surface area contributed by atoms with Gasteiger partial charge in [0.05, 0.1) is 6.61 Å². The highest BCUT2D eigenvalue weighted by atomic mass is 16.5. The van der Waals surface area contributed by atoms with Crippen molar-refractivity contribution in [1.82, 2.24) is 4.98 Å². The number of aliphatic imine (C=N–C) groups is 1. The van der Waals surface area contributed by atoms with E-state index >= 15 is 0 Å². The summed E-state index contributed by atoms with van der Waals surface area (Å²) in [7, 11) is 0. The number of hydrogen-bond donors (Lipinski definition) is 0. The summed E-state index contributed by atoms with van der Waals surface area (Å²) in [5.74, 6) is 0.714. The SMILES string of the molecule is CCO/C=N/c1ncccc1C. The number of pyridine rings is 1. The largest absolute Gasteiger partial charge is 0.483 e. The van der Waals surface area contributed by atoms with E-state index in [1.807, 2.05) is 26.0 Å². The van der Waals surface area contributed by atoms with Crippen molar-refractivity contribution >= 4 is 12.2 Å². The molecule has 0 unspecified atom stereocenters. The fraction of sp³-hybridized carbons (Fsp3) is 0.333. The van der Waals surface area contributed by atoms with Crippen LogP contribution in [-0.4, -0.2) is 18.0 Å². The Morgan fingerprint density at radius 1 is 1.67 bits per heavy atom. The Morgan fingerprint density at radius 2 is 2.50 bits per heavy atom. The van der Waals surface area contributed by atoms with Gasteiger partial charge in [0.25, 0.3) is 0 Å². The lowest BCUT2D eigenvalue weighted by molar-refractivity contribution is 0.344. The third kappa shape index (κ3) is 2.34. The average molecular weight is 164 g/mol. The molecule has 3 heteroatoms. The van der Waals surface area contributed by atoms with Gasteiger partial charge in [-0.05, 0) is 25.5 Å². The van der Waals surface area contributed by atoms with Crippen LogP contribution in [0.3, 0.4) is 0 Å². The van der Waals surface area contributed by atoms with Crippen LogP contribution in [0.25, 0.3) is 0 Å². The highest BCUT2D eigenvalue weighted by Gasteiger charge is 1.92. The van der Waals surface area contributed by atoms with Crippen molar-refractivity contribution in [3.63, 3.8) is 0 Å². The molecule has 0 atom stereocenters. The van der Waals surface area contributed by atoms with Gasteiger partial charge in [0.15, 0.2) is 12.2 Å². The molecule has 1 aromatic heterocycles. The van der Waals surface area contributed by atoms with Gasteiger partial charge in [-0.2, -0.15) is 0 Å². The Kier molecular flexibility index (Phi) is 3.26. The van der Waals surface area contributed by atoms with E-state index in [2.05, 4.69) is 9.98 Å². The van der Waals surface area contributed by atoms with E-state index in [9.17, 15) is 0 Å². The topological polar surface area (TPSA) is 34.5 Å². The molecule has 0 spiro atoms. The maximum Gasteiger partial charge on any atom is 0.176 e. The van der Waals surface area contributed by atoms with Crippen molar-refractivity contribution in [2.45, 2.75) is 13.8 Å². The third-order valence-corrected chi connectivity index (χ3v) is 1.40. The van der Waals surface area contributed by atoms with Crippen molar-refractivity contribution in [2.24, 2.45) is 4.99 Å². The predicted octanol–water partition coefficient (Wildman–Crippen LogP) is 2.09. The minimum absolute atomic E-state index is 0.634. The molecule has 1 rings (SSSR count). The molecule has 0 bridgehead atoms. The minimum atomic E-state index is 0.634. The Morgan fingerprint density at radius 3 is 3.17 bits per heavy atom. The van der Waals surface area contributed by atoms with E-state index < -0.39 is 0 Å². The molecular weight excluding hydrogens is 152 g/mol. The van der Waals surface area contributed by atoms with E-state index in [-0.39, 0.29) is 0 Å². The summed E-state index contributed by atoms with van der Waals surface area (Å²) in [4.78, 5) is 8.11. The predicted molar refractivity (Wildman–Crippen MR) is 48.8 cm³/mol. The number of aryl methyl sites for hydroxylation is 1. The smallest absolute Gasteiger partial charge is 0.176 e. The summed E-state index contributed by atoms with van der Waals surface area (Å²) >= 11 is 0. The molecule has 0 fully saturated rings. The van der Waals surface area contributed by atoms with E-state index in [0.29, 0.717) is 12.4 Å². The summed E-state index contributed by atoms with van der Waals surface area (Å²) in [6.45, 7) is 4.51. The zero-order valence-corrected chi connectivity index (χ0v) is 7.32. The van der Waals surface area contributed by atoms with Gasteiger partial charge >= 0.3 is 0 Å². The van der Waals surface area contributed by atoms with Crippen molar-refractivity contribution in [3.05, 3.63) is 23.9 Å². The zero-order valence-electron chi connectivity index (χ0n) is 7.32. The Hall–Kier alpha value is -1.38. The van der Waals surface area contributed by atoms with Gasteiger partial charge in [-0.3, -0.25) is 0 Å². The number of nitrogens with zero attached hydrogens (tertiary/aromatic N) is 2. The summed E-state index contributed by atoms with van der Waals surface area (Å²) in [5.41, 5.74) is 1.05. The second-order valence-electron chi connectivity index (χ2n) is 2.33. The van der Waals surface area contributed by atoms with Gasteiger partial charge in [-0.1, -0.05) is 6.07 Å². The first-order chi connectivity index (χ1) is 5.84. The lowest BCUT2D eigenvalue weighted by Gasteiger charge is -1.96. The van der Waals surface area contributed by atoms with Crippen LogP contribution in [0, 0.1) is 6.92 Å². The lowest BCUT2D eigenvalue weighted by Crippen LogP contribution is -1.85. The van der Waals surface area contributed by atoms with Gasteiger partial charge in [-0.25, -0.2) is 9.98 Å². The summed E-state index contributed by atoms with van der Waals surface area (Å²) < 4.78 is 4.96. The molecule has 0 aliphatic rings. The summed E-state index contributed by atoms with van der Waals surface area (Å²) in [5, 5.41) is 0. The highest BCUT2D eigenvalue weighted by Crippen LogP contribution is 2.11. The second-order valence-corrected chi connectivity index (χ2v) is 2.33. The van der Waals surface area contributed by atoms with Crippen molar-refractivity contribution < 1.29 is 4.74 Å². The van der Waals surface area contributed by atoms with Crippen LogP contribution < -0.4 is 0 Å². The summed E-state index contributed by atoms with van der Waals surface area (Å²) in [6, 6.07) is 3.85. The zero-order chi connectivity index (χ0) is 8.81. The Balaban J connectivity index is 2.68. The number of aromatic nitrogens is 1. The number of ether oxygens (including phenoxy) is 1. The van der Waals surface area contributed by atoms with Crippen LogP contribution in [0.2, 0.25) is 0 Å². The van der Waals surface area contributed by atoms with Crippen molar-refractivity contribution in [2.75, 3.05) is 6.61 Å². The molecule has 3 nitrogen and oxygen atoms in total. The van der Waals surface area contributed by atoms with Gasteiger partial charge in [-0.15, -0.1) is 0 Å². The molecule has 0 amide bonds. The van der Waals surface area contributed by atoms with Crippen LogP contribution in [0.1, 0.15) is 12.5 Å². The van der Waals surface area contributed by atoms with Crippen LogP contribution >= 0.6 is 0 Å². The molecule has 0 aromatic carbocycles. The van der Waals surface area contributed by atoms with E-state index in [4.69, 9.17) is 4.74 Å². The molecular formula is C9H12N2O. The first-order valence-electron chi connectivity index (χ1n) is 3.90. The van der Waals surface area contributed by atoms with E-state index in [1.165, 1.54) is 6.40 Å². The average Bonchev–Trinajstić information content (AvgIpc) is 2.09. The maximum absolute atomic E-state index is 4.96. The summed E-state index contributed by atoms with van der Waals surface area (Å²) in [6.07, 6.45) is 3.14. The van der Waals surface area contributed by atoms with E-state index in [0.717, 1.165) is 5.56 Å². The van der Waals surface area contributed by atoms with Gasteiger partial charge in [0.1, 0.15) is 0 Å². The first kappa shape index (κ1) is 8.71. The molecule has 0 aliphatic carbocycles. The first-order valence-corrected chi connectivity index (χ1v) is 3.90. The molecule has 1 heterocycles.